The first-order chi connectivity index (χ1) is 9.49. The second-order valence-corrected chi connectivity index (χ2v) is 6.37. The van der Waals surface area contributed by atoms with Gasteiger partial charge in [0.25, 0.3) is 0 Å². The molecule has 0 spiro atoms. The zero-order valence-corrected chi connectivity index (χ0v) is 12.4. The van der Waals surface area contributed by atoms with Crippen molar-refractivity contribution in [2.75, 3.05) is 6.54 Å². The van der Waals surface area contributed by atoms with Gasteiger partial charge in [0, 0.05) is 6.54 Å². The summed E-state index contributed by atoms with van der Waals surface area (Å²) in [6.07, 6.45) is 3.00. The van der Waals surface area contributed by atoms with Crippen molar-refractivity contribution in [3.05, 3.63) is 53.1 Å². The van der Waals surface area contributed by atoms with Gasteiger partial charge in [0.15, 0.2) is 0 Å². The molecule has 106 valence electrons. The monoisotopic (exact) mass is 311 g/mol. The van der Waals surface area contributed by atoms with Gasteiger partial charge < -0.3 is 0 Å². The van der Waals surface area contributed by atoms with E-state index in [4.69, 9.17) is 11.6 Å². The number of benzene rings is 1. The third-order valence-corrected chi connectivity index (χ3v) is 4.47. The van der Waals surface area contributed by atoms with Crippen LogP contribution in [-0.4, -0.2) is 24.9 Å². The zero-order valence-electron chi connectivity index (χ0n) is 10.9. The Bertz CT molecular complexity index is 687. The maximum atomic E-state index is 12.0. The normalized spacial score (nSPS) is 11.5. The fraction of sp³-hybridized carbons (Fsp3) is 0.231. The van der Waals surface area contributed by atoms with Crippen LogP contribution < -0.4 is 4.72 Å². The molecule has 0 bridgehead atoms. The van der Waals surface area contributed by atoms with E-state index in [0.29, 0.717) is 13.0 Å². The number of sulfonamides is 1. The Kier molecular flexibility index (Phi) is 4.69. The molecule has 1 aromatic heterocycles. The molecule has 0 aliphatic rings. The van der Waals surface area contributed by atoms with Crippen LogP contribution in [-0.2, 0) is 16.4 Å². The average Bonchev–Trinajstić information content (AvgIpc) is 2.41. The summed E-state index contributed by atoms with van der Waals surface area (Å²) in [5.74, 6) is 0. The van der Waals surface area contributed by atoms with Crippen LogP contribution >= 0.6 is 11.6 Å². The first-order valence-electron chi connectivity index (χ1n) is 6.01. The van der Waals surface area contributed by atoms with Crippen molar-refractivity contribution in [2.45, 2.75) is 18.2 Å². The summed E-state index contributed by atoms with van der Waals surface area (Å²) < 4.78 is 26.5. The number of halogens is 1. The van der Waals surface area contributed by atoms with Gasteiger partial charge >= 0.3 is 0 Å². The van der Waals surface area contributed by atoms with Gasteiger partial charge in [-0.25, -0.2) is 23.1 Å². The molecule has 1 aromatic carbocycles. The highest BCUT2D eigenvalue weighted by Gasteiger charge is 2.14. The van der Waals surface area contributed by atoms with E-state index in [9.17, 15) is 8.42 Å². The molecule has 0 radical (unpaired) electrons. The molecule has 0 atom stereocenters. The maximum absolute atomic E-state index is 12.0. The van der Waals surface area contributed by atoms with Crippen LogP contribution in [0.4, 0.5) is 0 Å². The summed E-state index contributed by atoms with van der Waals surface area (Å²) >= 11 is 5.53. The first kappa shape index (κ1) is 14.9. The minimum absolute atomic E-state index is 0.00619. The van der Waals surface area contributed by atoms with Crippen molar-refractivity contribution in [3.63, 3.8) is 0 Å². The van der Waals surface area contributed by atoms with Crippen molar-refractivity contribution in [1.29, 1.82) is 0 Å². The Morgan fingerprint density at radius 1 is 1.20 bits per heavy atom. The molecule has 0 fully saturated rings. The Morgan fingerprint density at radius 3 is 2.50 bits per heavy atom. The predicted octanol–water partition coefficient (Wildman–Crippen LogP) is 1.96. The molecule has 2 aromatic rings. The lowest BCUT2D eigenvalue weighted by atomic mass is 10.1. The molecule has 0 aliphatic carbocycles. The summed E-state index contributed by atoms with van der Waals surface area (Å²) in [7, 11) is -3.59. The van der Waals surface area contributed by atoms with Gasteiger partial charge in [-0.15, -0.1) is 0 Å². The highest BCUT2D eigenvalue weighted by atomic mass is 35.5. The predicted molar refractivity (Wildman–Crippen MR) is 77.1 cm³/mol. The summed E-state index contributed by atoms with van der Waals surface area (Å²) in [6.45, 7) is 2.31. The van der Waals surface area contributed by atoms with E-state index in [2.05, 4.69) is 14.7 Å². The van der Waals surface area contributed by atoms with Crippen LogP contribution in [0.3, 0.4) is 0 Å². The van der Waals surface area contributed by atoms with E-state index >= 15 is 0 Å². The fourth-order valence-corrected chi connectivity index (χ4v) is 2.75. The van der Waals surface area contributed by atoms with Crippen molar-refractivity contribution in [1.82, 2.24) is 14.7 Å². The summed E-state index contributed by atoms with van der Waals surface area (Å²) in [5.41, 5.74) is 2.25. The second kappa shape index (κ2) is 6.30. The van der Waals surface area contributed by atoms with Crippen LogP contribution in [0.25, 0.3) is 0 Å². The molecule has 1 heterocycles. The van der Waals surface area contributed by atoms with Gasteiger partial charge in [0.1, 0.15) is 4.90 Å². The van der Waals surface area contributed by atoms with Crippen LogP contribution in [0.1, 0.15) is 11.1 Å². The average molecular weight is 312 g/mol. The Labute approximate surface area is 123 Å². The molecule has 0 unspecified atom stereocenters. The molecule has 7 heteroatoms. The van der Waals surface area contributed by atoms with Gasteiger partial charge in [-0.1, -0.05) is 24.3 Å². The minimum atomic E-state index is -3.59. The van der Waals surface area contributed by atoms with Gasteiger partial charge in [0.05, 0.1) is 12.4 Å². The van der Waals surface area contributed by atoms with E-state index < -0.39 is 10.0 Å². The lowest BCUT2D eigenvalue weighted by Gasteiger charge is -2.08. The first-order valence-corrected chi connectivity index (χ1v) is 7.87. The van der Waals surface area contributed by atoms with Crippen LogP contribution in [0.2, 0.25) is 5.28 Å². The van der Waals surface area contributed by atoms with Gasteiger partial charge in [0.2, 0.25) is 15.3 Å². The number of nitrogens with zero attached hydrogens (tertiary/aromatic N) is 2. The van der Waals surface area contributed by atoms with Gasteiger partial charge in [-0.3, -0.25) is 0 Å². The molecular formula is C13H14ClN3O2S. The molecule has 0 saturated carbocycles. The number of nitrogens with one attached hydrogen (secondary N) is 1. The summed E-state index contributed by atoms with van der Waals surface area (Å²) in [6, 6.07) is 7.86. The van der Waals surface area contributed by atoms with Crippen LogP contribution in [0, 0.1) is 6.92 Å². The minimum Gasteiger partial charge on any atom is -0.225 e. The highest BCUT2D eigenvalue weighted by Crippen LogP contribution is 2.09. The van der Waals surface area contributed by atoms with E-state index in [1.807, 2.05) is 31.2 Å². The van der Waals surface area contributed by atoms with E-state index in [1.54, 1.807) is 0 Å². The van der Waals surface area contributed by atoms with Crippen LogP contribution in [0.15, 0.2) is 41.6 Å². The lowest BCUT2D eigenvalue weighted by Crippen LogP contribution is -2.26. The second-order valence-electron chi connectivity index (χ2n) is 4.26. The number of aromatic nitrogens is 2. The largest absolute Gasteiger partial charge is 0.243 e. The quantitative estimate of drug-likeness (QED) is 0.857. The molecule has 2 rings (SSSR count). The van der Waals surface area contributed by atoms with Crippen molar-refractivity contribution in [2.24, 2.45) is 0 Å². The van der Waals surface area contributed by atoms with E-state index in [-0.39, 0.29) is 10.2 Å². The van der Waals surface area contributed by atoms with Crippen molar-refractivity contribution in [3.8, 4) is 0 Å². The third kappa shape index (κ3) is 3.75. The Morgan fingerprint density at radius 2 is 1.85 bits per heavy atom. The summed E-state index contributed by atoms with van der Waals surface area (Å²) in [5, 5.41) is 0.0175. The Hall–Kier alpha value is -1.50. The number of aryl methyl sites for hydroxylation is 1. The van der Waals surface area contributed by atoms with E-state index in [0.717, 1.165) is 11.1 Å². The van der Waals surface area contributed by atoms with Crippen molar-refractivity contribution < 1.29 is 8.42 Å². The summed E-state index contributed by atoms with van der Waals surface area (Å²) in [4.78, 5) is 7.33. The van der Waals surface area contributed by atoms with E-state index in [1.165, 1.54) is 12.4 Å². The van der Waals surface area contributed by atoms with Gasteiger partial charge in [-0.2, -0.15) is 0 Å². The Balaban J connectivity index is 2.00. The standard InChI is InChI=1S/C13H14ClN3O2S/c1-10-4-2-3-5-11(10)6-7-17-20(18,19)12-8-15-13(14)16-9-12/h2-5,8-9,17H,6-7H2,1H3. The number of rotatable bonds is 5. The SMILES string of the molecule is Cc1ccccc1CCNS(=O)(=O)c1cnc(Cl)nc1. The van der Waals surface area contributed by atoms with Crippen molar-refractivity contribution >= 4 is 21.6 Å². The fourth-order valence-electron chi connectivity index (χ4n) is 1.73. The molecular weight excluding hydrogens is 298 g/mol. The third-order valence-electron chi connectivity index (χ3n) is 2.85. The zero-order chi connectivity index (χ0) is 14.6. The molecule has 0 amide bonds. The smallest absolute Gasteiger partial charge is 0.225 e. The molecule has 20 heavy (non-hydrogen) atoms. The highest BCUT2D eigenvalue weighted by molar-refractivity contribution is 7.89. The topological polar surface area (TPSA) is 72.0 Å². The number of hydrogen-bond acceptors (Lipinski definition) is 4. The molecule has 5 nitrogen and oxygen atoms in total. The van der Waals surface area contributed by atoms with Crippen LogP contribution in [0.5, 0.6) is 0 Å². The molecule has 0 saturated heterocycles. The molecule has 1 N–H and O–H groups in total. The van der Waals surface area contributed by atoms with Gasteiger partial charge in [-0.05, 0) is 36.1 Å². The molecule has 0 aliphatic heterocycles. The maximum Gasteiger partial charge on any atom is 0.243 e. The lowest BCUT2D eigenvalue weighted by molar-refractivity contribution is 0.580. The number of hydrogen-bond donors (Lipinski definition) is 1.